The first kappa shape index (κ1) is 23.1. The quantitative estimate of drug-likeness (QED) is 0.339. The molecule has 1 aliphatic rings. The molecule has 28 heavy (non-hydrogen) atoms. The van der Waals surface area contributed by atoms with Crippen molar-refractivity contribution in [3.05, 3.63) is 57.8 Å². The van der Waals surface area contributed by atoms with Crippen molar-refractivity contribution in [1.82, 2.24) is 20.4 Å². The van der Waals surface area contributed by atoms with Crippen LogP contribution in [0.25, 0.3) is 0 Å². The minimum atomic E-state index is 0. The number of aliphatic imine (C=N–C) groups is 1. The maximum Gasteiger partial charge on any atom is 0.191 e. The summed E-state index contributed by atoms with van der Waals surface area (Å²) in [6.45, 7) is 10.7. The van der Waals surface area contributed by atoms with Crippen molar-refractivity contribution in [1.29, 1.82) is 0 Å². The van der Waals surface area contributed by atoms with Gasteiger partial charge in [0.15, 0.2) is 5.96 Å². The van der Waals surface area contributed by atoms with Gasteiger partial charge in [-0.3, -0.25) is 9.89 Å². The van der Waals surface area contributed by atoms with E-state index < -0.39 is 0 Å². The largest absolute Gasteiger partial charge is 0.352 e. The van der Waals surface area contributed by atoms with Crippen molar-refractivity contribution in [2.45, 2.75) is 26.6 Å². The molecule has 0 unspecified atom stereocenters. The van der Waals surface area contributed by atoms with Crippen molar-refractivity contribution in [3.63, 3.8) is 0 Å². The maximum atomic E-state index is 4.35. The Balaban J connectivity index is 0.00000280. The number of halogens is 1. The molecule has 154 valence electrons. The number of hydrogen-bond donors (Lipinski definition) is 2. The zero-order valence-corrected chi connectivity index (χ0v) is 20.0. The van der Waals surface area contributed by atoms with Gasteiger partial charge >= 0.3 is 0 Å². The summed E-state index contributed by atoms with van der Waals surface area (Å²) in [6.07, 6.45) is 0. The van der Waals surface area contributed by atoms with Crippen LogP contribution in [0, 0.1) is 0 Å². The summed E-state index contributed by atoms with van der Waals surface area (Å²) in [6, 6.07) is 13.0. The van der Waals surface area contributed by atoms with Crippen LogP contribution >= 0.6 is 35.3 Å². The third-order valence-electron chi connectivity index (χ3n) is 5.10. The predicted molar refractivity (Wildman–Crippen MR) is 131 cm³/mol. The smallest absolute Gasteiger partial charge is 0.191 e. The second-order valence-electron chi connectivity index (χ2n) is 6.84. The SMILES string of the molecule is CCN1CCN(Cc2ccccc2CNC(=NC)NCc2cccs2)CC1.I. The number of nitrogens with zero attached hydrogens (tertiary/aromatic N) is 3. The molecule has 0 amide bonds. The van der Waals surface area contributed by atoms with Crippen LogP contribution in [0.2, 0.25) is 0 Å². The molecule has 1 fully saturated rings. The third kappa shape index (κ3) is 7.02. The van der Waals surface area contributed by atoms with Crippen LogP contribution in [-0.4, -0.2) is 55.5 Å². The summed E-state index contributed by atoms with van der Waals surface area (Å²) in [5.41, 5.74) is 2.75. The van der Waals surface area contributed by atoms with E-state index in [0.717, 1.165) is 45.2 Å². The molecule has 0 saturated carbocycles. The lowest BCUT2D eigenvalue weighted by Crippen LogP contribution is -2.45. The Kier molecular flexibility index (Phi) is 10.3. The van der Waals surface area contributed by atoms with Crippen LogP contribution in [-0.2, 0) is 19.6 Å². The minimum Gasteiger partial charge on any atom is -0.352 e. The lowest BCUT2D eigenvalue weighted by Gasteiger charge is -2.34. The first-order chi connectivity index (χ1) is 13.3. The lowest BCUT2D eigenvalue weighted by molar-refractivity contribution is 0.131. The molecule has 0 radical (unpaired) electrons. The summed E-state index contributed by atoms with van der Waals surface area (Å²) in [5, 5.41) is 8.95. The molecule has 0 atom stereocenters. The average Bonchev–Trinajstić information content (AvgIpc) is 3.23. The van der Waals surface area contributed by atoms with Crippen LogP contribution in [0.3, 0.4) is 0 Å². The first-order valence-electron chi connectivity index (χ1n) is 9.77. The van der Waals surface area contributed by atoms with Crippen molar-refractivity contribution < 1.29 is 0 Å². The van der Waals surface area contributed by atoms with Gasteiger partial charge in [0, 0.05) is 51.2 Å². The van der Waals surface area contributed by atoms with Gasteiger partial charge in [-0.05, 0) is 29.1 Å². The van der Waals surface area contributed by atoms with E-state index in [1.165, 1.54) is 29.1 Å². The zero-order chi connectivity index (χ0) is 18.9. The van der Waals surface area contributed by atoms with E-state index in [2.05, 4.69) is 74.1 Å². The second-order valence-corrected chi connectivity index (χ2v) is 7.87. The second kappa shape index (κ2) is 12.4. The number of likely N-dealkylation sites (N-methyl/N-ethyl adjacent to an activating group) is 1. The number of rotatable bonds is 7. The fourth-order valence-electron chi connectivity index (χ4n) is 3.37. The number of guanidine groups is 1. The molecule has 1 saturated heterocycles. The van der Waals surface area contributed by atoms with E-state index in [4.69, 9.17) is 0 Å². The highest BCUT2D eigenvalue weighted by Gasteiger charge is 2.16. The van der Waals surface area contributed by atoms with Gasteiger partial charge in [0.05, 0.1) is 6.54 Å². The number of nitrogens with one attached hydrogen (secondary N) is 2. The van der Waals surface area contributed by atoms with E-state index in [1.807, 2.05) is 7.05 Å². The van der Waals surface area contributed by atoms with Gasteiger partial charge in [0.1, 0.15) is 0 Å². The molecule has 0 aliphatic carbocycles. The van der Waals surface area contributed by atoms with Crippen LogP contribution in [0.4, 0.5) is 0 Å². The normalized spacial score (nSPS) is 15.9. The molecule has 1 aromatic carbocycles. The van der Waals surface area contributed by atoms with Crippen LogP contribution in [0.15, 0.2) is 46.8 Å². The van der Waals surface area contributed by atoms with E-state index in [-0.39, 0.29) is 24.0 Å². The van der Waals surface area contributed by atoms with Crippen molar-refractivity contribution in [2.24, 2.45) is 4.99 Å². The van der Waals surface area contributed by atoms with Gasteiger partial charge in [0.25, 0.3) is 0 Å². The molecule has 2 heterocycles. The summed E-state index contributed by atoms with van der Waals surface area (Å²) < 4.78 is 0. The fourth-order valence-corrected chi connectivity index (χ4v) is 4.02. The molecule has 2 aromatic rings. The fraction of sp³-hybridized carbons (Fsp3) is 0.476. The molecular weight excluding hydrogens is 481 g/mol. The van der Waals surface area contributed by atoms with E-state index in [0.29, 0.717) is 0 Å². The monoisotopic (exact) mass is 513 g/mol. The Labute approximate surface area is 190 Å². The summed E-state index contributed by atoms with van der Waals surface area (Å²) in [5.74, 6) is 0.842. The molecule has 2 N–H and O–H groups in total. The molecule has 1 aliphatic heterocycles. The molecule has 0 bridgehead atoms. The lowest BCUT2D eigenvalue weighted by atomic mass is 10.1. The average molecular weight is 513 g/mol. The number of piperazine rings is 1. The Morgan fingerprint density at radius 3 is 2.29 bits per heavy atom. The molecular formula is C21H32IN5S. The standard InChI is InChI=1S/C21H31N5S.HI/c1-3-25-10-12-26(13-11-25)17-19-8-5-4-7-18(19)15-23-21(22-2)24-16-20-9-6-14-27-20;/h4-9,14H,3,10-13,15-17H2,1-2H3,(H2,22,23,24);1H. The highest BCUT2D eigenvalue weighted by molar-refractivity contribution is 14.0. The van der Waals surface area contributed by atoms with Crippen molar-refractivity contribution in [2.75, 3.05) is 39.8 Å². The van der Waals surface area contributed by atoms with Gasteiger partial charge < -0.3 is 15.5 Å². The zero-order valence-electron chi connectivity index (χ0n) is 16.9. The highest BCUT2D eigenvalue weighted by atomic mass is 127. The van der Waals surface area contributed by atoms with Crippen LogP contribution < -0.4 is 10.6 Å². The topological polar surface area (TPSA) is 42.9 Å². The predicted octanol–water partition coefficient (Wildman–Crippen LogP) is 3.37. The number of thiophene rings is 1. The highest BCUT2D eigenvalue weighted by Crippen LogP contribution is 2.14. The maximum absolute atomic E-state index is 4.35. The Morgan fingerprint density at radius 1 is 0.964 bits per heavy atom. The minimum absolute atomic E-state index is 0. The first-order valence-corrected chi connectivity index (χ1v) is 10.6. The molecule has 5 nitrogen and oxygen atoms in total. The van der Waals surface area contributed by atoms with Crippen LogP contribution in [0.5, 0.6) is 0 Å². The van der Waals surface area contributed by atoms with E-state index in [1.54, 1.807) is 11.3 Å². The summed E-state index contributed by atoms with van der Waals surface area (Å²) >= 11 is 1.76. The van der Waals surface area contributed by atoms with Gasteiger partial charge in [-0.1, -0.05) is 37.3 Å². The molecule has 3 rings (SSSR count). The van der Waals surface area contributed by atoms with Crippen molar-refractivity contribution >= 4 is 41.3 Å². The van der Waals surface area contributed by atoms with Gasteiger partial charge in [-0.2, -0.15) is 0 Å². The molecule has 7 heteroatoms. The summed E-state index contributed by atoms with van der Waals surface area (Å²) in [4.78, 5) is 10.7. The molecule has 1 aromatic heterocycles. The number of hydrogen-bond acceptors (Lipinski definition) is 4. The van der Waals surface area contributed by atoms with Gasteiger partial charge in [-0.15, -0.1) is 35.3 Å². The van der Waals surface area contributed by atoms with Gasteiger partial charge in [0.2, 0.25) is 0 Å². The van der Waals surface area contributed by atoms with E-state index >= 15 is 0 Å². The third-order valence-corrected chi connectivity index (χ3v) is 5.98. The van der Waals surface area contributed by atoms with Gasteiger partial charge in [-0.25, -0.2) is 0 Å². The van der Waals surface area contributed by atoms with Crippen molar-refractivity contribution in [3.8, 4) is 0 Å². The number of benzene rings is 1. The molecule has 0 spiro atoms. The van der Waals surface area contributed by atoms with Crippen LogP contribution in [0.1, 0.15) is 22.9 Å². The summed E-state index contributed by atoms with van der Waals surface area (Å²) in [7, 11) is 1.82. The van der Waals surface area contributed by atoms with E-state index in [9.17, 15) is 0 Å². The Morgan fingerprint density at radius 2 is 1.64 bits per heavy atom. The Hall–Kier alpha value is -1.16. The Bertz CT molecular complexity index is 711.